The molecule has 0 aliphatic heterocycles. The second kappa shape index (κ2) is 13.7. The molecular formula is C18H36IN3O2. The van der Waals surface area contributed by atoms with Crippen LogP contribution in [0.1, 0.15) is 71.6 Å². The summed E-state index contributed by atoms with van der Waals surface area (Å²) in [6.45, 7) is 7.15. The molecule has 1 aliphatic rings. The molecule has 5 nitrogen and oxygen atoms in total. The molecule has 1 rings (SSSR count). The predicted molar refractivity (Wildman–Crippen MR) is 111 cm³/mol. The third kappa shape index (κ3) is 9.08. The molecule has 0 amide bonds. The maximum absolute atomic E-state index is 11.0. The highest BCUT2D eigenvalue weighted by atomic mass is 127. The molecule has 0 aromatic rings. The summed E-state index contributed by atoms with van der Waals surface area (Å²) in [5.74, 6) is 0.840. The summed E-state index contributed by atoms with van der Waals surface area (Å²) in [5, 5.41) is 6.75. The first-order valence-corrected chi connectivity index (χ1v) is 9.25. The number of guanidine groups is 1. The Hall–Kier alpha value is -0.530. The average molecular weight is 453 g/mol. The number of ether oxygens (including phenoxy) is 1. The van der Waals surface area contributed by atoms with Crippen LogP contribution in [0, 0.1) is 5.41 Å². The normalized spacial score (nSPS) is 15.9. The van der Waals surface area contributed by atoms with E-state index in [-0.39, 0.29) is 29.9 Å². The van der Waals surface area contributed by atoms with E-state index in [9.17, 15) is 4.79 Å². The fourth-order valence-electron chi connectivity index (χ4n) is 2.95. The van der Waals surface area contributed by atoms with Crippen molar-refractivity contribution >= 4 is 35.9 Å². The second-order valence-corrected chi connectivity index (χ2v) is 6.57. The lowest BCUT2D eigenvalue weighted by Gasteiger charge is -2.40. The van der Waals surface area contributed by atoms with Gasteiger partial charge in [-0.15, -0.1) is 24.0 Å². The molecule has 142 valence electrons. The number of unbranched alkanes of at least 4 members (excludes halogenated alkanes) is 3. The van der Waals surface area contributed by atoms with Crippen LogP contribution in [0.15, 0.2) is 4.99 Å². The first-order chi connectivity index (χ1) is 11.2. The van der Waals surface area contributed by atoms with Crippen molar-refractivity contribution in [3.05, 3.63) is 0 Å². The van der Waals surface area contributed by atoms with E-state index < -0.39 is 0 Å². The standard InChI is InChI=1S/C18H35N3O2.HI/c1-4-18(12-10-13-18)15-21-17(19-5-2)20-14-9-7-6-8-11-16(22)23-3;/h4-15H2,1-3H3,(H2,19,20,21);1H. The van der Waals surface area contributed by atoms with Crippen LogP contribution in [0.25, 0.3) is 0 Å². The third-order valence-electron chi connectivity index (χ3n) is 4.91. The van der Waals surface area contributed by atoms with Crippen LogP contribution in [0.3, 0.4) is 0 Å². The maximum Gasteiger partial charge on any atom is 0.305 e. The van der Waals surface area contributed by atoms with E-state index in [0.29, 0.717) is 11.8 Å². The van der Waals surface area contributed by atoms with Gasteiger partial charge in [0.05, 0.1) is 7.11 Å². The molecule has 1 saturated carbocycles. The monoisotopic (exact) mass is 453 g/mol. The largest absolute Gasteiger partial charge is 0.469 e. The van der Waals surface area contributed by atoms with Gasteiger partial charge in [0.15, 0.2) is 5.96 Å². The Morgan fingerprint density at radius 1 is 1.12 bits per heavy atom. The number of hydrogen-bond donors (Lipinski definition) is 2. The topological polar surface area (TPSA) is 62.7 Å². The van der Waals surface area contributed by atoms with E-state index in [1.54, 1.807) is 0 Å². The van der Waals surface area contributed by atoms with Gasteiger partial charge in [0, 0.05) is 26.1 Å². The van der Waals surface area contributed by atoms with Crippen molar-refractivity contribution < 1.29 is 9.53 Å². The molecular weight excluding hydrogens is 417 g/mol. The van der Waals surface area contributed by atoms with Gasteiger partial charge in [-0.25, -0.2) is 0 Å². The van der Waals surface area contributed by atoms with Crippen LogP contribution in [0.5, 0.6) is 0 Å². The molecule has 2 N–H and O–H groups in total. The molecule has 0 atom stereocenters. The summed E-state index contributed by atoms with van der Waals surface area (Å²) in [4.78, 5) is 15.8. The molecule has 0 radical (unpaired) electrons. The summed E-state index contributed by atoms with van der Waals surface area (Å²) in [6.07, 6.45) is 10.00. The molecule has 0 heterocycles. The van der Waals surface area contributed by atoms with Crippen molar-refractivity contribution in [2.24, 2.45) is 10.4 Å². The highest BCUT2D eigenvalue weighted by Crippen LogP contribution is 2.43. The van der Waals surface area contributed by atoms with Crippen LogP contribution in [-0.2, 0) is 9.53 Å². The molecule has 0 spiro atoms. The minimum atomic E-state index is -0.106. The quantitative estimate of drug-likeness (QED) is 0.164. The van der Waals surface area contributed by atoms with Gasteiger partial charge in [0.2, 0.25) is 0 Å². The Labute approximate surface area is 164 Å². The van der Waals surface area contributed by atoms with E-state index in [1.807, 2.05) is 0 Å². The van der Waals surface area contributed by atoms with Crippen LogP contribution >= 0.6 is 24.0 Å². The van der Waals surface area contributed by atoms with Crippen molar-refractivity contribution in [3.63, 3.8) is 0 Å². The SMILES string of the molecule is CCNC(=NCC1(CC)CCC1)NCCCCCCC(=O)OC.I. The summed E-state index contributed by atoms with van der Waals surface area (Å²) < 4.78 is 4.64. The number of rotatable bonds is 11. The Morgan fingerprint density at radius 3 is 2.38 bits per heavy atom. The number of carbonyl (C=O) groups excluding carboxylic acids is 1. The highest BCUT2D eigenvalue weighted by Gasteiger charge is 2.34. The number of carbonyl (C=O) groups is 1. The Kier molecular flexibility index (Phi) is 13.4. The maximum atomic E-state index is 11.0. The molecule has 6 heteroatoms. The average Bonchev–Trinajstić information content (AvgIpc) is 2.52. The van der Waals surface area contributed by atoms with Gasteiger partial charge in [-0.3, -0.25) is 9.79 Å². The van der Waals surface area contributed by atoms with Crippen molar-refractivity contribution in [1.82, 2.24) is 10.6 Å². The molecule has 0 bridgehead atoms. The van der Waals surface area contributed by atoms with E-state index in [0.717, 1.165) is 51.3 Å². The van der Waals surface area contributed by atoms with Gasteiger partial charge in [0.25, 0.3) is 0 Å². The van der Waals surface area contributed by atoms with Crippen LogP contribution in [0.4, 0.5) is 0 Å². The molecule has 0 aromatic heterocycles. The number of esters is 1. The van der Waals surface area contributed by atoms with E-state index in [2.05, 4.69) is 29.2 Å². The van der Waals surface area contributed by atoms with E-state index in [4.69, 9.17) is 4.99 Å². The Balaban J connectivity index is 0.00000529. The minimum Gasteiger partial charge on any atom is -0.469 e. The lowest BCUT2D eigenvalue weighted by Crippen LogP contribution is -2.40. The molecule has 0 unspecified atom stereocenters. The number of halogens is 1. The molecule has 1 fully saturated rings. The zero-order valence-corrected chi connectivity index (χ0v) is 18.0. The van der Waals surface area contributed by atoms with E-state index in [1.165, 1.54) is 32.8 Å². The number of aliphatic imine (C=N–C) groups is 1. The van der Waals surface area contributed by atoms with Gasteiger partial charge in [-0.1, -0.05) is 26.2 Å². The lowest BCUT2D eigenvalue weighted by molar-refractivity contribution is -0.140. The van der Waals surface area contributed by atoms with Gasteiger partial charge < -0.3 is 15.4 Å². The van der Waals surface area contributed by atoms with Crippen molar-refractivity contribution in [2.75, 3.05) is 26.7 Å². The van der Waals surface area contributed by atoms with E-state index >= 15 is 0 Å². The number of nitrogens with zero attached hydrogens (tertiary/aromatic N) is 1. The van der Waals surface area contributed by atoms with Crippen molar-refractivity contribution in [2.45, 2.75) is 71.6 Å². The summed E-state index contributed by atoms with van der Waals surface area (Å²) in [6, 6.07) is 0. The fourth-order valence-corrected chi connectivity index (χ4v) is 2.95. The second-order valence-electron chi connectivity index (χ2n) is 6.57. The van der Waals surface area contributed by atoms with Crippen LogP contribution < -0.4 is 10.6 Å². The number of hydrogen-bond acceptors (Lipinski definition) is 3. The zero-order valence-electron chi connectivity index (χ0n) is 15.7. The molecule has 1 aliphatic carbocycles. The molecule has 24 heavy (non-hydrogen) atoms. The van der Waals surface area contributed by atoms with Gasteiger partial charge in [0.1, 0.15) is 0 Å². The minimum absolute atomic E-state index is 0. The smallest absolute Gasteiger partial charge is 0.305 e. The van der Waals surface area contributed by atoms with Gasteiger partial charge >= 0.3 is 5.97 Å². The van der Waals surface area contributed by atoms with Crippen LogP contribution in [-0.4, -0.2) is 38.7 Å². The van der Waals surface area contributed by atoms with Crippen molar-refractivity contribution in [3.8, 4) is 0 Å². The first kappa shape index (κ1) is 23.5. The first-order valence-electron chi connectivity index (χ1n) is 9.25. The molecule has 0 saturated heterocycles. The Bertz CT molecular complexity index is 366. The predicted octanol–water partition coefficient (Wildman–Crippen LogP) is 3.86. The lowest BCUT2D eigenvalue weighted by atomic mass is 9.67. The summed E-state index contributed by atoms with van der Waals surface area (Å²) in [5.41, 5.74) is 0.468. The highest BCUT2D eigenvalue weighted by molar-refractivity contribution is 14.0. The zero-order chi connectivity index (χ0) is 17.0. The van der Waals surface area contributed by atoms with Gasteiger partial charge in [-0.2, -0.15) is 0 Å². The summed E-state index contributed by atoms with van der Waals surface area (Å²) in [7, 11) is 1.44. The van der Waals surface area contributed by atoms with Crippen LogP contribution in [0.2, 0.25) is 0 Å². The van der Waals surface area contributed by atoms with Gasteiger partial charge in [-0.05, 0) is 44.4 Å². The molecule has 0 aromatic carbocycles. The number of methoxy groups -OCH3 is 1. The van der Waals surface area contributed by atoms with Crippen molar-refractivity contribution in [1.29, 1.82) is 0 Å². The number of nitrogens with one attached hydrogen (secondary N) is 2. The fraction of sp³-hybridized carbons (Fsp3) is 0.889. The Morgan fingerprint density at radius 2 is 1.83 bits per heavy atom. The third-order valence-corrected chi connectivity index (χ3v) is 4.91. The summed E-state index contributed by atoms with van der Waals surface area (Å²) >= 11 is 0.